The van der Waals surface area contributed by atoms with Gasteiger partial charge in [0.2, 0.25) is 11.9 Å². The number of rotatable bonds is 3. The van der Waals surface area contributed by atoms with Gasteiger partial charge in [0.05, 0.1) is 10.9 Å². The van der Waals surface area contributed by atoms with Crippen LogP contribution in [0.1, 0.15) is 18.4 Å². The molecule has 1 N–H and O–H groups in total. The van der Waals surface area contributed by atoms with Crippen molar-refractivity contribution in [1.82, 2.24) is 14.6 Å². The van der Waals surface area contributed by atoms with Gasteiger partial charge in [-0.1, -0.05) is 11.6 Å². The van der Waals surface area contributed by atoms with Gasteiger partial charge in [0.1, 0.15) is 5.82 Å². The number of anilines is 2. The third kappa shape index (κ3) is 3.60. The van der Waals surface area contributed by atoms with Crippen LogP contribution in [0.2, 0.25) is 5.02 Å². The molecule has 0 spiro atoms. The van der Waals surface area contributed by atoms with E-state index in [4.69, 9.17) is 11.6 Å². The summed E-state index contributed by atoms with van der Waals surface area (Å²) in [6, 6.07) is 7.94. The van der Waals surface area contributed by atoms with Gasteiger partial charge in [-0.05, 0) is 55.7 Å². The van der Waals surface area contributed by atoms with E-state index >= 15 is 0 Å². The molecule has 1 saturated heterocycles. The fourth-order valence-corrected chi connectivity index (χ4v) is 3.60. The molecule has 0 saturated carbocycles. The molecule has 8 heteroatoms. The maximum atomic E-state index is 13.3. The van der Waals surface area contributed by atoms with Crippen LogP contribution in [0.4, 0.5) is 16.0 Å². The fourth-order valence-electron chi connectivity index (χ4n) is 3.44. The average Bonchev–Trinajstić information content (AvgIpc) is 3.07. The number of amides is 1. The second kappa shape index (κ2) is 7.15. The van der Waals surface area contributed by atoms with E-state index in [2.05, 4.69) is 20.4 Å². The number of benzene rings is 1. The Labute approximate surface area is 161 Å². The number of nitrogens with zero attached hydrogens (tertiary/aromatic N) is 4. The van der Waals surface area contributed by atoms with E-state index in [-0.39, 0.29) is 17.6 Å². The standard InChI is InChI=1S/C19H19ClFN5O/c1-12-9-15(21)5-6-16(12)22-18(27)13-3-2-8-25(10-13)19-24-23-17-7-4-14(20)11-26(17)19/h4-7,9,11,13H,2-3,8,10H2,1H3,(H,22,27)/t13-/m1/s1. The predicted molar refractivity (Wildman–Crippen MR) is 103 cm³/mol. The van der Waals surface area contributed by atoms with Crippen LogP contribution in [0.5, 0.6) is 0 Å². The minimum atomic E-state index is -0.313. The molecule has 1 aliphatic heterocycles. The van der Waals surface area contributed by atoms with E-state index in [0.717, 1.165) is 19.4 Å². The topological polar surface area (TPSA) is 62.5 Å². The Morgan fingerprint density at radius 2 is 2.15 bits per heavy atom. The van der Waals surface area contributed by atoms with Crippen molar-refractivity contribution in [3.8, 4) is 0 Å². The van der Waals surface area contributed by atoms with Crippen LogP contribution in [0.3, 0.4) is 0 Å². The number of aromatic nitrogens is 3. The molecule has 1 amide bonds. The summed E-state index contributed by atoms with van der Waals surface area (Å²) in [5, 5.41) is 12.0. The Morgan fingerprint density at radius 3 is 2.96 bits per heavy atom. The number of halogens is 2. The summed E-state index contributed by atoms with van der Waals surface area (Å²) in [5.41, 5.74) is 2.05. The monoisotopic (exact) mass is 387 g/mol. The van der Waals surface area contributed by atoms with Gasteiger partial charge in [0.25, 0.3) is 0 Å². The first kappa shape index (κ1) is 17.7. The molecule has 3 aromatic rings. The van der Waals surface area contributed by atoms with Crippen molar-refractivity contribution in [2.24, 2.45) is 5.92 Å². The lowest BCUT2D eigenvalue weighted by atomic mass is 9.97. The van der Waals surface area contributed by atoms with Crippen LogP contribution in [-0.4, -0.2) is 33.6 Å². The van der Waals surface area contributed by atoms with Gasteiger partial charge in [-0.3, -0.25) is 9.20 Å². The van der Waals surface area contributed by atoms with Gasteiger partial charge >= 0.3 is 0 Å². The van der Waals surface area contributed by atoms with Crippen molar-refractivity contribution in [2.45, 2.75) is 19.8 Å². The van der Waals surface area contributed by atoms with Crippen molar-refractivity contribution < 1.29 is 9.18 Å². The lowest BCUT2D eigenvalue weighted by Gasteiger charge is -2.32. The summed E-state index contributed by atoms with van der Waals surface area (Å²) in [4.78, 5) is 14.8. The number of piperidine rings is 1. The summed E-state index contributed by atoms with van der Waals surface area (Å²) < 4.78 is 15.1. The molecule has 0 bridgehead atoms. The van der Waals surface area contributed by atoms with Crippen molar-refractivity contribution >= 4 is 34.8 Å². The second-order valence-electron chi connectivity index (χ2n) is 6.81. The van der Waals surface area contributed by atoms with Crippen molar-refractivity contribution in [3.05, 3.63) is 52.9 Å². The highest BCUT2D eigenvalue weighted by Gasteiger charge is 2.28. The van der Waals surface area contributed by atoms with Gasteiger partial charge in [0.15, 0.2) is 5.65 Å². The molecule has 1 atom stereocenters. The van der Waals surface area contributed by atoms with Crippen LogP contribution in [0, 0.1) is 18.7 Å². The third-order valence-electron chi connectivity index (χ3n) is 4.87. The Balaban J connectivity index is 1.52. The number of nitrogens with one attached hydrogen (secondary N) is 1. The van der Waals surface area contributed by atoms with Crippen LogP contribution in [0.25, 0.3) is 5.65 Å². The third-order valence-corrected chi connectivity index (χ3v) is 5.09. The minimum Gasteiger partial charge on any atom is -0.340 e. The molecule has 6 nitrogen and oxygen atoms in total. The molecule has 3 heterocycles. The molecule has 140 valence electrons. The van der Waals surface area contributed by atoms with Gasteiger partial charge in [-0.2, -0.15) is 0 Å². The van der Waals surface area contributed by atoms with Crippen molar-refractivity contribution in [3.63, 3.8) is 0 Å². The number of carbonyl (C=O) groups excluding carboxylic acids is 1. The van der Waals surface area contributed by atoms with E-state index in [0.29, 0.717) is 34.4 Å². The quantitative estimate of drug-likeness (QED) is 0.744. The van der Waals surface area contributed by atoms with E-state index in [1.165, 1.54) is 12.1 Å². The number of hydrogen-bond acceptors (Lipinski definition) is 4. The summed E-state index contributed by atoms with van der Waals surface area (Å²) in [6.45, 7) is 3.12. The molecule has 0 radical (unpaired) electrons. The van der Waals surface area contributed by atoms with Crippen molar-refractivity contribution in [2.75, 3.05) is 23.3 Å². The Morgan fingerprint density at radius 1 is 1.30 bits per heavy atom. The highest BCUT2D eigenvalue weighted by atomic mass is 35.5. The minimum absolute atomic E-state index is 0.0683. The van der Waals surface area contributed by atoms with Gasteiger partial charge in [-0.25, -0.2) is 4.39 Å². The lowest BCUT2D eigenvalue weighted by molar-refractivity contribution is -0.120. The predicted octanol–water partition coefficient (Wildman–Crippen LogP) is 3.69. The van der Waals surface area contributed by atoms with Crippen LogP contribution in [-0.2, 0) is 4.79 Å². The lowest BCUT2D eigenvalue weighted by Crippen LogP contribution is -2.41. The van der Waals surface area contributed by atoms with Gasteiger partial charge < -0.3 is 10.2 Å². The molecule has 1 aliphatic rings. The molecular formula is C19H19ClFN5O. The first-order valence-corrected chi connectivity index (χ1v) is 9.21. The summed E-state index contributed by atoms with van der Waals surface area (Å²) in [6.07, 6.45) is 3.44. The molecule has 1 fully saturated rings. The molecule has 27 heavy (non-hydrogen) atoms. The Bertz CT molecular complexity index is 1000. The summed E-state index contributed by atoms with van der Waals surface area (Å²) >= 11 is 6.10. The first-order chi connectivity index (χ1) is 13.0. The first-order valence-electron chi connectivity index (χ1n) is 8.83. The number of fused-ring (bicyclic) bond motifs is 1. The van der Waals surface area contributed by atoms with E-state index in [1.54, 1.807) is 25.3 Å². The van der Waals surface area contributed by atoms with Gasteiger partial charge in [0, 0.05) is 25.0 Å². The highest BCUT2D eigenvalue weighted by molar-refractivity contribution is 6.30. The average molecular weight is 388 g/mol. The molecular weight excluding hydrogens is 369 g/mol. The number of aryl methyl sites for hydroxylation is 1. The van der Waals surface area contributed by atoms with E-state index in [9.17, 15) is 9.18 Å². The largest absolute Gasteiger partial charge is 0.340 e. The van der Waals surface area contributed by atoms with Crippen molar-refractivity contribution in [1.29, 1.82) is 0 Å². The normalized spacial score (nSPS) is 17.3. The number of carbonyl (C=O) groups is 1. The highest BCUT2D eigenvalue weighted by Crippen LogP contribution is 2.25. The zero-order valence-corrected chi connectivity index (χ0v) is 15.6. The van der Waals surface area contributed by atoms with E-state index in [1.807, 2.05) is 10.5 Å². The van der Waals surface area contributed by atoms with E-state index < -0.39 is 0 Å². The summed E-state index contributed by atoms with van der Waals surface area (Å²) in [7, 11) is 0. The second-order valence-corrected chi connectivity index (χ2v) is 7.25. The zero-order chi connectivity index (χ0) is 19.0. The maximum Gasteiger partial charge on any atom is 0.231 e. The molecule has 0 aliphatic carbocycles. The number of pyridine rings is 1. The molecule has 4 rings (SSSR count). The molecule has 2 aromatic heterocycles. The Kier molecular flexibility index (Phi) is 4.70. The SMILES string of the molecule is Cc1cc(F)ccc1NC(=O)[C@@H]1CCCN(c2nnc3ccc(Cl)cn23)C1. The van der Waals surface area contributed by atoms with Crippen LogP contribution >= 0.6 is 11.6 Å². The fraction of sp³-hybridized carbons (Fsp3) is 0.316. The van der Waals surface area contributed by atoms with Crippen LogP contribution < -0.4 is 10.2 Å². The Hall–Kier alpha value is -2.67. The van der Waals surface area contributed by atoms with Gasteiger partial charge in [-0.15, -0.1) is 10.2 Å². The summed E-state index contributed by atoms with van der Waals surface area (Å²) in [5.74, 6) is 0.116. The molecule has 0 unspecified atom stereocenters. The maximum absolute atomic E-state index is 13.3. The number of hydrogen-bond donors (Lipinski definition) is 1. The zero-order valence-electron chi connectivity index (χ0n) is 14.8. The molecule has 1 aromatic carbocycles. The van der Waals surface area contributed by atoms with Crippen LogP contribution in [0.15, 0.2) is 36.5 Å². The smallest absolute Gasteiger partial charge is 0.231 e.